The number of carboxylic acids is 1. The van der Waals surface area contributed by atoms with Crippen LogP contribution < -0.4 is 0 Å². The van der Waals surface area contributed by atoms with Crippen molar-refractivity contribution in [3.63, 3.8) is 0 Å². The fourth-order valence-electron chi connectivity index (χ4n) is 0.835. The number of ether oxygens (including phenoxy) is 1. The number of methoxy groups -OCH3 is 1. The van der Waals surface area contributed by atoms with Gasteiger partial charge in [0.1, 0.15) is 0 Å². The van der Waals surface area contributed by atoms with E-state index in [1.165, 1.54) is 0 Å². The molecule has 0 fully saturated rings. The van der Waals surface area contributed by atoms with Gasteiger partial charge in [0.25, 0.3) is 0 Å². The third-order valence-electron chi connectivity index (χ3n) is 1.45. The van der Waals surface area contributed by atoms with E-state index in [9.17, 15) is 14.7 Å². The first kappa shape index (κ1) is 10.3. The molecular formula is C7H6O6S. The van der Waals surface area contributed by atoms with Crippen molar-refractivity contribution in [1.29, 1.82) is 0 Å². The number of carbonyl (C=O) groups is 2. The van der Waals surface area contributed by atoms with E-state index < -0.39 is 28.3 Å². The zero-order chi connectivity index (χ0) is 10.9. The minimum Gasteiger partial charge on any atom is -0.505 e. The van der Waals surface area contributed by atoms with Crippen LogP contribution in [0.5, 0.6) is 10.8 Å². The molecule has 0 aliphatic heterocycles. The van der Waals surface area contributed by atoms with Crippen molar-refractivity contribution in [3.05, 3.63) is 10.4 Å². The van der Waals surface area contributed by atoms with Crippen molar-refractivity contribution in [3.8, 4) is 10.8 Å². The van der Waals surface area contributed by atoms with Gasteiger partial charge in [-0.3, -0.25) is 0 Å². The second-order valence-electron chi connectivity index (χ2n) is 2.26. The van der Waals surface area contributed by atoms with Crippen molar-refractivity contribution < 1.29 is 29.6 Å². The molecule has 6 nitrogen and oxygen atoms in total. The molecule has 1 heterocycles. The highest BCUT2D eigenvalue weighted by atomic mass is 32.1. The van der Waals surface area contributed by atoms with Crippen molar-refractivity contribution >= 4 is 23.3 Å². The smallest absolute Gasteiger partial charge is 0.352 e. The molecule has 0 bridgehead atoms. The van der Waals surface area contributed by atoms with Gasteiger partial charge in [0, 0.05) is 0 Å². The Morgan fingerprint density at radius 2 is 1.93 bits per heavy atom. The predicted octanol–water partition coefficient (Wildman–Crippen LogP) is 0.644. The fourth-order valence-corrected chi connectivity index (χ4v) is 1.68. The van der Waals surface area contributed by atoms with E-state index in [4.69, 9.17) is 10.2 Å². The minimum absolute atomic E-state index is 0.331. The zero-order valence-electron chi connectivity index (χ0n) is 6.97. The Hall–Kier alpha value is -1.76. The number of thiophene rings is 1. The molecule has 0 atom stereocenters. The van der Waals surface area contributed by atoms with Crippen LogP contribution in [0.25, 0.3) is 0 Å². The van der Waals surface area contributed by atoms with Gasteiger partial charge in [0.15, 0.2) is 21.3 Å². The topological polar surface area (TPSA) is 104 Å². The number of hydrogen-bond donors (Lipinski definition) is 3. The molecule has 0 aromatic carbocycles. The lowest BCUT2D eigenvalue weighted by Crippen LogP contribution is -2.00. The van der Waals surface area contributed by atoms with Gasteiger partial charge in [-0.2, -0.15) is 0 Å². The number of rotatable bonds is 2. The van der Waals surface area contributed by atoms with E-state index >= 15 is 0 Å². The van der Waals surface area contributed by atoms with Crippen LogP contribution in [0.3, 0.4) is 0 Å². The standard InChI is InChI=1S/C7H6O6S/c1-13-6(11)4-3(8)2(5(9)10)7(12)14-4/h8,12H,1H3,(H,9,10). The molecule has 0 aliphatic carbocycles. The summed E-state index contributed by atoms with van der Waals surface area (Å²) < 4.78 is 4.27. The number of hydrogen-bond acceptors (Lipinski definition) is 6. The number of aromatic hydroxyl groups is 2. The highest BCUT2D eigenvalue weighted by Crippen LogP contribution is 2.39. The molecule has 7 heteroatoms. The molecule has 1 rings (SSSR count). The summed E-state index contributed by atoms with van der Waals surface area (Å²) in [6, 6.07) is 0. The molecular weight excluding hydrogens is 212 g/mol. The number of aromatic carboxylic acids is 1. The molecule has 3 N–H and O–H groups in total. The Labute approximate surface area is 82.0 Å². The van der Waals surface area contributed by atoms with E-state index in [2.05, 4.69) is 4.74 Å². The van der Waals surface area contributed by atoms with Crippen LogP contribution in [-0.2, 0) is 4.74 Å². The normalized spacial score (nSPS) is 9.79. The SMILES string of the molecule is COC(=O)c1sc(O)c(C(=O)O)c1O. The van der Waals surface area contributed by atoms with Gasteiger partial charge < -0.3 is 20.1 Å². The van der Waals surface area contributed by atoms with Crippen LogP contribution in [0.15, 0.2) is 0 Å². The van der Waals surface area contributed by atoms with E-state index in [0.717, 1.165) is 7.11 Å². The second kappa shape index (κ2) is 3.54. The van der Waals surface area contributed by atoms with Gasteiger partial charge in [0.05, 0.1) is 7.11 Å². The van der Waals surface area contributed by atoms with E-state index in [1.807, 2.05) is 0 Å². The molecule has 0 aliphatic rings. The van der Waals surface area contributed by atoms with Crippen LogP contribution >= 0.6 is 11.3 Å². The summed E-state index contributed by atoms with van der Waals surface area (Å²) in [5.74, 6) is -3.17. The Kier molecular flexibility index (Phi) is 2.61. The maximum Gasteiger partial charge on any atom is 0.352 e. The largest absolute Gasteiger partial charge is 0.505 e. The zero-order valence-corrected chi connectivity index (χ0v) is 7.79. The lowest BCUT2D eigenvalue weighted by molar-refractivity contribution is 0.0603. The average Bonchev–Trinajstić information content (AvgIpc) is 2.40. The molecule has 0 radical (unpaired) electrons. The summed E-state index contributed by atoms with van der Waals surface area (Å²) in [4.78, 5) is 21.1. The van der Waals surface area contributed by atoms with Gasteiger partial charge in [-0.15, -0.1) is 0 Å². The molecule has 76 valence electrons. The van der Waals surface area contributed by atoms with Crippen LogP contribution in [0, 0.1) is 0 Å². The number of esters is 1. The maximum absolute atomic E-state index is 10.9. The number of carboxylic acid groups (broad SMARTS) is 1. The Morgan fingerprint density at radius 1 is 1.36 bits per heavy atom. The lowest BCUT2D eigenvalue weighted by atomic mass is 10.2. The summed E-state index contributed by atoms with van der Waals surface area (Å²) in [5, 5.41) is 26.3. The molecule has 0 saturated carbocycles. The summed E-state index contributed by atoms with van der Waals surface area (Å²) in [6.07, 6.45) is 0. The average molecular weight is 218 g/mol. The van der Waals surface area contributed by atoms with Crippen molar-refractivity contribution in [2.45, 2.75) is 0 Å². The molecule has 0 spiro atoms. The molecule has 0 amide bonds. The van der Waals surface area contributed by atoms with Crippen molar-refractivity contribution in [2.24, 2.45) is 0 Å². The molecule has 0 saturated heterocycles. The van der Waals surface area contributed by atoms with Crippen molar-refractivity contribution in [1.82, 2.24) is 0 Å². The highest BCUT2D eigenvalue weighted by Gasteiger charge is 2.27. The van der Waals surface area contributed by atoms with Gasteiger partial charge in [0.2, 0.25) is 0 Å². The second-order valence-corrected chi connectivity index (χ2v) is 3.26. The van der Waals surface area contributed by atoms with E-state index in [-0.39, 0.29) is 4.88 Å². The van der Waals surface area contributed by atoms with Gasteiger partial charge in [-0.05, 0) is 0 Å². The monoisotopic (exact) mass is 218 g/mol. The van der Waals surface area contributed by atoms with E-state index in [0.29, 0.717) is 11.3 Å². The summed E-state index contributed by atoms with van der Waals surface area (Å²) in [5.41, 5.74) is -0.685. The Morgan fingerprint density at radius 3 is 2.29 bits per heavy atom. The summed E-state index contributed by atoms with van der Waals surface area (Å²) in [7, 11) is 1.08. The quantitative estimate of drug-likeness (QED) is 0.629. The summed E-state index contributed by atoms with van der Waals surface area (Å²) >= 11 is 0.452. The summed E-state index contributed by atoms with van der Waals surface area (Å²) in [6.45, 7) is 0. The predicted molar refractivity (Wildman–Crippen MR) is 45.9 cm³/mol. The van der Waals surface area contributed by atoms with Crippen molar-refractivity contribution in [2.75, 3.05) is 7.11 Å². The third kappa shape index (κ3) is 1.49. The van der Waals surface area contributed by atoms with Crippen LogP contribution in [0.4, 0.5) is 0 Å². The van der Waals surface area contributed by atoms with E-state index in [1.54, 1.807) is 0 Å². The molecule has 0 unspecified atom stereocenters. The first-order valence-electron chi connectivity index (χ1n) is 3.35. The third-order valence-corrected chi connectivity index (χ3v) is 2.41. The minimum atomic E-state index is -1.51. The number of carbonyl (C=O) groups excluding carboxylic acids is 1. The fraction of sp³-hybridized carbons (Fsp3) is 0.143. The maximum atomic E-state index is 10.9. The van der Waals surface area contributed by atoms with Crippen LogP contribution in [0.2, 0.25) is 0 Å². The Bertz CT molecular complexity index is 393. The molecule has 1 aromatic rings. The van der Waals surface area contributed by atoms with Gasteiger partial charge in [-0.25, -0.2) is 9.59 Å². The van der Waals surface area contributed by atoms with Gasteiger partial charge >= 0.3 is 11.9 Å². The highest BCUT2D eigenvalue weighted by molar-refractivity contribution is 7.16. The van der Waals surface area contributed by atoms with Crippen LogP contribution in [0.1, 0.15) is 20.0 Å². The van der Waals surface area contributed by atoms with Gasteiger partial charge in [-0.1, -0.05) is 11.3 Å². The first-order chi connectivity index (χ1) is 6.49. The Balaban J connectivity index is 3.30. The first-order valence-corrected chi connectivity index (χ1v) is 4.17. The van der Waals surface area contributed by atoms with Crippen LogP contribution in [-0.4, -0.2) is 34.4 Å². The molecule has 1 aromatic heterocycles. The lowest BCUT2D eigenvalue weighted by Gasteiger charge is -1.95. The molecule has 14 heavy (non-hydrogen) atoms.